The van der Waals surface area contributed by atoms with E-state index >= 15 is 0 Å². The highest BCUT2D eigenvalue weighted by Gasteiger charge is 2.09. The van der Waals surface area contributed by atoms with Crippen LogP contribution in [0.25, 0.3) is 0 Å². The Labute approximate surface area is 134 Å². The number of ether oxygens (including phenoxy) is 2. The minimum atomic E-state index is -0.490. The van der Waals surface area contributed by atoms with Crippen molar-refractivity contribution in [2.45, 2.75) is 26.2 Å². The van der Waals surface area contributed by atoms with Crippen molar-refractivity contribution in [1.82, 2.24) is 0 Å². The van der Waals surface area contributed by atoms with Crippen molar-refractivity contribution in [3.63, 3.8) is 0 Å². The topological polar surface area (TPSA) is 72.8 Å². The number of hydrogen-bond acceptors (Lipinski definition) is 5. The van der Waals surface area contributed by atoms with Crippen molar-refractivity contribution in [1.29, 1.82) is 0 Å². The molecule has 0 unspecified atom stereocenters. The van der Waals surface area contributed by atoms with Crippen LogP contribution in [0.4, 0.5) is 0 Å². The van der Waals surface area contributed by atoms with Gasteiger partial charge >= 0.3 is 11.9 Å². The second-order valence-corrected chi connectivity index (χ2v) is 5.19. The van der Waals surface area contributed by atoms with Gasteiger partial charge in [-0.3, -0.25) is 0 Å². The van der Waals surface area contributed by atoms with Gasteiger partial charge in [0.1, 0.15) is 5.75 Å². The molecule has 0 heterocycles. The number of halogens is 1. The average Bonchev–Trinajstić information content (AvgIpc) is 2.48. The number of phenolic OH excluding ortho intramolecular Hbond substituents is 1. The Morgan fingerprint density at radius 3 is 2.41 bits per heavy atom. The number of carbonyl (C=O) groups excluding carboxylic acids is 2. The number of rotatable bonds is 8. The fourth-order valence-electron chi connectivity index (χ4n) is 1.55. The van der Waals surface area contributed by atoms with Crippen LogP contribution in [0.5, 0.6) is 5.75 Å². The molecule has 0 bridgehead atoms. The second kappa shape index (κ2) is 9.10. The molecule has 0 amide bonds. The van der Waals surface area contributed by atoms with Crippen LogP contribution in [0.15, 0.2) is 30.4 Å². The van der Waals surface area contributed by atoms with Gasteiger partial charge in [-0.1, -0.05) is 18.2 Å². The zero-order chi connectivity index (χ0) is 16.5. The van der Waals surface area contributed by atoms with Gasteiger partial charge in [-0.25, -0.2) is 9.59 Å². The summed E-state index contributed by atoms with van der Waals surface area (Å²) in [5, 5.41) is 9.38. The SMILES string of the molecule is C=C(C)C(=O)OCCCCCOC(=O)c1ccc(O)c(Cl)c1. The minimum absolute atomic E-state index is 0.0810. The summed E-state index contributed by atoms with van der Waals surface area (Å²) in [6.07, 6.45) is 2.14. The van der Waals surface area contributed by atoms with Gasteiger partial charge in [0.05, 0.1) is 23.8 Å². The zero-order valence-corrected chi connectivity index (χ0v) is 13.2. The quantitative estimate of drug-likeness (QED) is 0.449. The van der Waals surface area contributed by atoms with Gasteiger partial charge in [-0.15, -0.1) is 0 Å². The predicted molar refractivity (Wildman–Crippen MR) is 83.0 cm³/mol. The fourth-order valence-corrected chi connectivity index (χ4v) is 1.73. The van der Waals surface area contributed by atoms with Gasteiger partial charge in [0.15, 0.2) is 0 Å². The molecule has 0 atom stereocenters. The molecule has 1 aromatic rings. The molecule has 0 fully saturated rings. The first-order valence-electron chi connectivity index (χ1n) is 6.90. The third-order valence-corrected chi connectivity index (χ3v) is 3.09. The van der Waals surface area contributed by atoms with Gasteiger partial charge < -0.3 is 14.6 Å². The van der Waals surface area contributed by atoms with Gasteiger partial charge in [0, 0.05) is 5.57 Å². The maximum atomic E-state index is 11.7. The number of phenols is 1. The lowest BCUT2D eigenvalue weighted by molar-refractivity contribution is -0.139. The molecule has 0 saturated carbocycles. The van der Waals surface area contributed by atoms with Crippen LogP contribution in [-0.4, -0.2) is 30.3 Å². The Hall–Kier alpha value is -2.01. The largest absolute Gasteiger partial charge is 0.506 e. The van der Waals surface area contributed by atoms with Crippen LogP contribution in [0.3, 0.4) is 0 Å². The van der Waals surface area contributed by atoms with E-state index in [9.17, 15) is 14.7 Å². The van der Waals surface area contributed by atoms with Crippen molar-refractivity contribution in [2.75, 3.05) is 13.2 Å². The molecule has 0 aromatic heterocycles. The molecule has 0 saturated heterocycles. The lowest BCUT2D eigenvalue weighted by Gasteiger charge is -2.06. The monoisotopic (exact) mass is 326 g/mol. The summed E-state index contributed by atoms with van der Waals surface area (Å²) in [5.74, 6) is -0.964. The first-order chi connectivity index (χ1) is 10.4. The Morgan fingerprint density at radius 1 is 1.18 bits per heavy atom. The summed E-state index contributed by atoms with van der Waals surface area (Å²) in [7, 11) is 0. The Kier molecular flexibility index (Phi) is 7.46. The standard InChI is InChI=1S/C16H19ClO5/c1-11(2)15(19)21-8-4-3-5-9-22-16(20)12-6-7-14(18)13(17)10-12/h6-7,10,18H,1,3-5,8-9H2,2H3. The first kappa shape index (κ1) is 18.0. The van der Waals surface area contributed by atoms with E-state index in [0.717, 1.165) is 6.42 Å². The fraction of sp³-hybridized carbons (Fsp3) is 0.375. The molecule has 0 aliphatic heterocycles. The zero-order valence-electron chi connectivity index (χ0n) is 12.4. The molecule has 0 aliphatic carbocycles. The van der Waals surface area contributed by atoms with E-state index in [-0.39, 0.29) is 22.9 Å². The molecular weight excluding hydrogens is 308 g/mol. The van der Waals surface area contributed by atoms with Gasteiger partial charge in [-0.2, -0.15) is 0 Å². The van der Waals surface area contributed by atoms with E-state index in [1.54, 1.807) is 6.92 Å². The summed E-state index contributed by atoms with van der Waals surface area (Å²) in [4.78, 5) is 22.8. The van der Waals surface area contributed by atoms with E-state index in [1.807, 2.05) is 0 Å². The minimum Gasteiger partial charge on any atom is -0.506 e. The van der Waals surface area contributed by atoms with E-state index in [2.05, 4.69) is 6.58 Å². The normalized spacial score (nSPS) is 10.1. The molecule has 0 radical (unpaired) electrons. The second-order valence-electron chi connectivity index (χ2n) is 4.78. The van der Waals surface area contributed by atoms with Crippen LogP contribution in [0, 0.1) is 0 Å². The molecule has 120 valence electrons. The summed E-state index contributed by atoms with van der Waals surface area (Å²) < 4.78 is 10.0. The highest BCUT2D eigenvalue weighted by atomic mass is 35.5. The van der Waals surface area contributed by atoms with Crippen molar-refractivity contribution >= 4 is 23.5 Å². The molecule has 22 heavy (non-hydrogen) atoms. The third-order valence-electron chi connectivity index (χ3n) is 2.79. The maximum Gasteiger partial charge on any atom is 0.338 e. The number of hydrogen-bond donors (Lipinski definition) is 1. The lowest BCUT2D eigenvalue weighted by atomic mass is 10.2. The van der Waals surface area contributed by atoms with E-state index in [1.165, 1.54) is 18.2 Å². The number of benzene rings is 1. The van der Waals surface area contributed by atoms with Gasteiger partial charge in [0.2, 0.25) is 0 Å². The Balaban J connectivity index is 2.16. The van der Waals surface area contributed by atoms with Crippen molar-refractivity contribution < 1.29 is 24.2 Å². The Morgan fingerprint density at radius 2 is 1.82 bits per heavy atom. The molecule has 1 aromatic carbocycles. The third kappa shape index (κ3) is 6.18. The molecular formula is C16H19ClO5. The van der Waals surface area contributed by atoms with Crippen molar-refractivity contribution in [3.05, 3.63) is 40.9 Å². The number of carbonyl (C=O) groups is 2. The summed E-state index contributed by atoms with van der Waals surface area (Å²) >= 11 is 5.72. The van der Waals surface area contributed by atoms with E-state index in [4.69, 9.17) is 21.1 Å². The molecule has 5 nitrogen and oxygen atoms in total. The highest BCUT2D eigenvalue weighted by molar-refractivity contribution is 6.32. The summed E-state index contributed by atoms with van der Waals surface area (Å²) in [5.41, 5.74) is 0.666. The van der Waals surface area contributed by atoms with Crippen LogP contribution in [0.2, 0.25) is 5.02 Å². The lowest BCUT2D eigenvalue weighted by Crippen LogP contribution is -2.08. The summed E-state index contributed by atoms with van der Waals surface area (Å²) in [6, 6.07) is 4.14. The van der Waals surface area contributed by atoms with Gasteiger partial charge in [0.25, 0.3) is 0 Å². The molecule has 1 N–H and O–H groups in total. The molecule has 0 spiro atoms. The smallest absolute Gasteiger partial charge is 0.338 e. The molecule has 1 rings (SSSR count). The number of esters is 2. The van der Waals surface area contributed by atoms with Crippen LogP contribution in [-0.2, 0) is 14.3 Å². The molecule has 0 aliphatic rings. The van der Waals surface area contributed by atoms with Crippen molar-refractivity contribution in [3.8, 4) is 5.75 Å². The van der Waals surface area contributed by atoms with Crippen molar-refractivity contribution in [2.24, 2.45) is 0 Å². The first-order valence-corrected chi connectivity index (χ1v) is 7.28. The Bertz CT molecular complexity index is 553. The van der Waals surface area contributed by atoms with Gasteiger partial charge in [-0.05, 0) is 44.4 Å². The number of aromatic hydroxyl groups is 1. The van der Waals surface area contributed by atoms with Crippen LogP contribution in [0.1, 0.15) is 36.5 Å². The molecule has 6 heteroatoms. The van der Waals surface area contributed by atoms with Crippen LogP contribution >= 0.6 is 11.6 Å². The van der Waals surface area contributed by atoms with Crippen LogP contribution < -0.4 is 0 Å². The average molecular weight is 327 g/mol. The predicted octanol–water partition coefficient (Wildman–Crippen LogP) is 3.49. The highest BCUT2D eigenvalue weighted by Crippen LogP contribution is 2.23. The van der Waals surface area contributed by atoms with E-state index in [0.29, 0.717) is 25.0 Å². The maximum absolute atomic E-state index is 11.7. The van der Waals surface area contributed by atoms with E-state index < -0.39 is 11.9 Å². The summed E-state index contributed by atoms with van der Waals surface area (Å²) in [6.45, 7) is 5.68. The number of unbranched alkanes of at least 4 members (excludes halogenated alkanes) is 2.